The maximum Gasteiger partial charge on any atom is 0.190 e. The maximum absolute atomic E-state index is 13.1. The molecule has 2 N–H and O–H groups in total. The van der Waals surface area contributed by atoms with Crippen molar-refractivity contribution in [2.45, 2.75) is 19.3 Å². The topological polar surface area (TPSA) is 35.2 Å². The van der Waals surface area contributed by atoms with Gasteiger partial charge in [-0.05, 0) is 31.4 Å². The zero-order valence-electron chi connectivity index (χ0n) is 8.71. The van der Waals surface area contributed by atoms with E-state index in [1.54, 1.807) is 0 Å². The van der Waals surface area contributed by atoms with Crippen LogP contribution in [0, 0.1) is 11.6 Å². The first-order valence-corrected chi connectivity index (χ1v) is 5.37. The summed E-state index contributed by atoms with van der Waals surface area (Å²) in [5.41, 5.74) is 5.30. The summed E-state index contributed by atoms with van der Waals surface area (Å²) in [4.78, 5) is 0.442. The predicted octanol–water partition coefficient (Wildman–Crippen LogP) is 2.80. The van der Waals surface area contributed by atoms with Crippen molar-refractivity contribution in [1.29, 1.82) is 0 Å². The molecule has 16 heavy (non-hydrogen) atoms. The fourth-order valence-electron chi connectivity index (χ4n) is 1.20. The van der Waals surface area contributed by atoms with Crippen LogP contribution in [0.1, 0.15) is 19.3 Å². The largest absolute Gasteiger partial charge is 0.488 e. The zero-order valence-corrected chi connectivity index (χ0v) is 9.53. The molecule has 2 nitrogen and oxygen atoms in total. The van der Waals surface area contributed by atoms with Crippen LogP contribution >= 0.6 is 12.2 Å². The van der Waals surface area contributed by atoms with E-state index < -0.39 is 11.6 Å². The van der Waals surface area contributed by atoms with Crippen molar-refractivity contribution in [3.05, 3.63) is 29.8 Å². The molecule has 0 bridgehead atoms. The Bertz CT molecular complexity index is 351. The minimum absolute atomic E-state index is 0.250. The summed E-state index contributed by atoms with van der Waals surface area (Å²) in [6.07, 6.45) is 2.04. The molecular formula is C11H13F2NOS. The summed E-state index contributed by atoms with van der Waals surface area (Å²) in [5, 5.41) is 0. The fraction of sp³-hybridized carbons (Fsp3) is 0.364. The van der Waals surface area contributed by atoms with Crippen LogP contribution in [0.25, 0.3) is 0 Å². The Morgan fingerprint density at radius 1 is 1.25 bits per heavy atom. The second-order valence-electron chi connectivity index (χ2n) is 3.32. The van der Waals surface area contributed by atoms with Crippen LogP contribution in [-0.2, 0) is 0 Å². The van der Waals surface area contributed by atoms with Gasteiger partial charge in [0.25, 0.3) is 0 Å². The number of nitrogens with two attached hydrogens (primary N) is 1. The third-order valence-electron chi connectivity index (χ3n) is 1.98. The van der Waals surface area contributed by atoms with Gasteiger partial charge in [0.2, 0.25) is 0 Å². The Morgan fingerprint density at radius 3 is 2.44 bits per heavy atom. The van der Waals surface area contributed by atoms with E-state index in [2.05, 4.69) is 0 Å². The van der Waals surface area contributed by atoms with E-state index in [0.717, 1.165) is 18.6 Å². The summed E-state index contributed by atoms with van der Waals surface area (Å²) in [6.45, 7) is 0.250. The van der Waals surface area contributed by atoms with Gasteiger partial charge in [0.05, 0.1) is 11.6 Å². The van der Waals surface area contributed by atoms with Crippen LogP contribution in [0.3, 0.4) is 0 Å². The highest BCUT2D eigenvalue weighted by Crippen LogP contribution is 2.20. The lowest BCUT2D eigenvalue weighted by Gasteiger charge is -2.07. The Morgan fingerprint density at radius 2 is 1.88 bits per heavy atom. The molecular weight excluding hydrogens is 232 g/mol. The van der Waals surface area contributed by atoms with Gasteiger partial charge in [-0.1, -0.05) is 18.3 Å². The van der Waals surface area contributed by atoms with E-state index in [-0.39, 0.29) is 12.4 Å². The van der Waals surface area contributed by atoms with E-state index in [1.807, 2.05) is 0 Å². The molecule has 0 heterocycles. The smallest absolute Gasteiger partial charge is 0.190 e. The summed E-state index contributed by atoms with van der Waals surface area (Å²) in [7, 11) is 0. The van der Waals surface area contributed by atoms with Crippen molar-refractivity contribution in [3.8, 4) is 5.75 Å². The number of rotatable bonds is 6. The minimum Gasteiger partial charge on any atom is -0.488 e. The lowest BCUT2D eigenvalue weighted by molar-refractivity contribution is 0.277. The van der Waals surface area contributed by atoms with Gasteiger partial charge >= 0.3 is 0 Å². The van der Waals surface area contributed by atoms with Crippen molar-refractivity contribution in [2.24, 2.45) is 5.73 Å². The van der Waals surface area contributed by atoms with E-state index in [9.17, 15) is 8.78 Å². The molecule has 0 aliphatic carbocycles. The molecule has 0 saturated heterocycles. The summed E-state index contributed by atoms with van der Waals surface area (Å²) >= 11 is 4.70. The molecule has 0 spiro atoms. The molecule has 1 aromatic carbocycles. The van der Waals surface area contributed by atoms with Crippen molar-refractivity contribution < 1.29 is 13.5 Å². The first kappa shape index (κ1) is 12.8. The molecule has 5 heteroatoms. The van der Waals surface area contributed by atoms with Gasteiger partial charge in [-0.2, -0.15) is 0 Å². The lowest BCUT2D eigenvalue weighted by atomic mass is 10.2. The Labute approximate surface area is 98.4 Å². The number of benzene rings is 1. The quantitative estimate of drug-likeness (QED) is 0.618. The number of halogens is 2. The standard InChI is InChI=1S/C11H13F2NOS/c12-8-4-3-5-9(13)11(8)15-7-2-1-6-10(14)16/h3-5H,1-2,6-7H2,(H2,14,16). The molecule has 0 saturated carbocycles. The van der Waals surface area contributed by atoms with Gasteiger partial charge in [-0.15, -0.1) is 0 Å². The predicted molar refractivity (Wildman–Crippen MR) is 62.5 cm³/mol. The zero-order chi connectivity index (χ0) is 12.0. The Balaban J connectivity index is 2.34. The maximum atomic E-state index is 13.1. The fourth-order valence-corrected chi connectivity index (χ4v) is 1.34. The first-order valence-electron chi connectivity index (χ1n) is 4.96. The molecule has 0 atom stereocenters. The van der Waals surface area contributed by atoms with Gasteiger partial charge in [0.15, 0.2) is 17.4 Å². The van der Waals surface area contributed by atoms with Crippen LogP contribution in [-0.4, -0.2) is 11.6 Å². The number of hydrogen-bond donors (Lipinski definition) is 1. The lowest BCUT2D eigenvalue weighted by Crippen LogP contribution is -2.08. The van der Waals surface area contributed by atoms with Gasteiger partial charge in [0, 0.05) is 0 Å². The van der Waals surface area contributed by atoms with Crippen LogP contribution in [0.4, 0.5) is 8.78 Å². The molecule has 0 aromatic heterocycles. The molecule has 0 fully saturated rings. The molecule has 88 valence electrons. The molecule has 0 aliphatic rings. The van der Waals surface area contributed by atoms with Crippen molar-refractivity contribution >= 4 is 17.2 Å². The number of unbranched alkanes of at least 4 members (excludes halogenated alkanes) is 1. The van der Waals surface area contributed by atoms with Gasteiger partial charge < -0.3 is 10.5 Å². The number of ether oxygens (including phenoxy) is 1. The van der Waals surface area contributed by atoms with Crippen molar-refractivity contribution in [3.63, 3.8) is 0 Å². The van der Waals surface area contributed by atoms with E-state index >= 15 is 0 Å². The summed E-state index contributed by atoms with van der Waals surface area (Å²) in [6, 6.07) is 3.62. The van der Waals surface area contributed by atoms with Crippen molar-refractivity contribution in [1.82, 2.24) is 0 Å². The van der Waals surface area contributed by atoms with Crippen LogP contribution < -0.4 is 10.5 Å². The number of thiocarbonyl (C=S) groups is 1. The monoisotopic (exact) mass is 245 g/mol. The van der Waals surface area contributed by atoms with Gasteiger partial charge in [0.1, 0.15) is 0 Å². The molecule has 0 radical (unpaired) electrons. The van der Waals surface area contributed by atoms with E-state index in [0.29, 0.717) is 17.8 Å². The van der Waals surface area contributed by atoms with Crippen LogP contribution in [0.5, 0.6) is 5.75 Å². The molecule has 0 amide bonds. The first-order chi connectivity index (χ1) is 7.61. The normalized spacial score (nSPS) is 10.1. The van der Waals surface area contributed by atoms with Crippen LogP contribution in [0.2, 0.25) is 0 Å². The van der Waals surface area contributed by atoms with Gasteiger partial charge in [-0.25, -0.2) is 8.78 Å². The number of hydrogen-bond acceptors (Lipinski definition) is 2. The molecule has 1 rings (SSSR count). The summed E-state index contributed by atoms with van der Waals surface area (Å²) in [5.74, 6) is -1.69. The van der Waals surface area contributed by atoms with Gasteiger partial charge in [-0.3, -0.25) is 0 Å². The third-order valence-corrected chi connectivity index (χ3v) is 2.19. The highest BCUT2D eigenvalue weighted by Gasteiger charge is 2.08. The third kappa shape index (κ3) is 4.10. The second-order valence-corrected chi connectivity index (χ2v) is 3.85. The second kappa shape index (κ2) is 6.37. The average Bonchev–Trinajstić information content (AvgIpc) is 2.21. The molecule has 0 unspecified atom stereocenters. The highest BCUT2D eigenvalue weighted by molar-refractivity contribution is 7.80. The SMILES string of the molecule is NC(=S)CCCCOc1c(F)cccc1F. The van der Waals surface area contributed by atoms with Crippen LogP contribution in [0.15, 0.2) is 18.2 Å². The Hall–Kier alpha value is -1.23. The van der Waals surface area contributed by atoms with E-state index in [4.69, 9.17) is 22.7 Å². The average molecular weight is 245 g/mol. The molecule has 1 aromatic rings. The Kier molecular flexibility index (Phi) is 5.11. The van der Waals surface area contributed by atoms with Crippen molar-refractivity contribution in [2.75, 3.05) is 6.61 Å². The summed E-state index contributed by atoms with van der Waals surface area (Å²) < 4.78 is 31.2. The molecule has 0 aliphatic heterocycles. The minimum atomic E-state index is -0.686. The highest BCUT2D eigenvalue weighted by atomic mass is 32.1. The van der Waals surface area contributed by atoms with E-state index in [1.165, 1.54) is 6.07 Å². The number of para-hydroxylation sites is 1.